The average molecular weight is 293 g/mol. The molecule has 0 fully saturated rings. The van der Waals surface area contributed by atoms with Crippen molar-refractivity contribution in [2.24, 2.45) is 5.84 Å². The van der Waals surface area contributed by atoms with Crippen molar-refractivity contribution < 1.29 is 0 Å². The fraction of sp³-hybridized carbons (Fsp3) is 0.750. The van der Waals surface area contributed by atoms with Gasteiger partial charge in [0.05, 0.1) is 0 Å². The molecule has 0 aliphatic rings. The molecule has 0 saturated carbocycles. The number of unbranched alkanes of at least 4 members (excludes halogenated alkanes) is 2. The number of nitrogen functional groups attached to an aromatic ring is 1. The summed E-state index contributed by atoms with van der Waals surface area (Å²) >= 11 is 0. The van der Waals surface area contributed by atoms with E-state index in [9.17, 15) is 0 Å². The normalized spacial score (nSPS) is 13.1. The molecule has 1 heterocycles. The molecule has 0 aliphatic heterocycles. The number of rotatable bonds is 7. The Morgan fingerprint density at radius 1 is 1.14 bits per heavy atom. The van der Waals surface area contributed by atoms with Gasteiger partial charge in [0.25, 0.3) is 0 Å². The van der Waals surface area contributed by atoms with Gasteiger partial charge < -0.3 is 10.7 Å². The van der Waals surface area contributed by atoms with Crippen LogP contribution in [-0.2, 0) is 5.41 Å². The summed E-state index contributed by atoms with van der Waals surface area (Å²) in [6.45, 7) is 12.7. The van der Waals surface area contributed by atoms with E-state index in [4.69, 9.17) is 10.8 Å². The zero-order valence-electron chi connectivity index (χ0n) is 14.4. The molecular weight excluding hydrogens is 262 g/mol. The molecule has 4 N–H and O–H groups in total. The Morgan fingerprint density at radius 2 is 1.76 bits per heavy atom. The number of nitrogens with two attached hydrogens (primary N) is 1. The van der Waals surface area contributed by atoms with Gasteiger partial charge in [-0.2, -0.15) is 0 Å². The van der Waals surface area contributed by atoms with Crippen molar-refractivity contribution in [2.75, 3.05) is 10.7 Å². The van der Waals surface area contributed by atoms with Crippen molar-refractivity contribution in [1.82, 2.24) is 9.97 Å². The van der Waals surface area contributed by atoms with E-state index in [-0.39, 0.29) is 5.41 Å². The summed E-state index contributed by atoms with van der Waals surface area (Å²) < 4.78 is 0. The monoisotopic (exact) mass is 293 g/mol. The topological polar surface area (TPSA) is 75.9 Å². The third-order valence-electron chi connectivity index (χ3n) is 3.58. The molecule has 0 radical (unpaired) electrons. The molecule has 0 saturated heterocycles. The average Bonchev–Trinajstić information content (AvgIpc) is 2.40. The summed E-state index contributed by atoms with van der Waals surface area (Å²) in [6, 6.07) is 0.392. The molecule has 1 unspecified atom stereocenters. The molecule has 5 heteroatoms. The molecule has 0 amide bonds. The van der Waals surface area contributed by atoms with E-state index < -0.39 is 0 Å². The highest BCUT2D eigenvalue weighted by molar-refractivity contribution is 5.57. The number of nitrogens with one attached hydrogen (secondary N) is 2. The smallest absolute Gasteiger partial charge is 0.148 e. The molecule has 0 aliphatic carbocycles. The largest absolute Gasteiger partial charge is 0.367 e. The van der Waals surface area contributed by atoms with E-state index in [1.54, 1.807) is 0 Å². The van der Waals surface area contributed by atoms with Gasteiger partial charge in [-0.15, -0.1) is 0 Å². The number of hydrazine groups is 1. The minimum atomic E-state index is -0.110. The van der Waals surface area contributed by atoms with Crippen molar-refractivity contribution in [3.63, 3.8) is 0 Å². The van der Waals surface area contributed by atoms with E-state index in [0.29, 0.717) is 11.9 Å². The molecule has 21 heavy (non-hydrogen) atoms. The first kappa shape index (κ1) is 17.7. The highest BCUT2D eigenvalue weighted by Crippen LogP contribution is 2.26. The highest BCUT2D eigenvalue weighted by atomic mass is 15.3. The maximum absolute atomic E-state index is 5.59. The first-order valence-electron chi connectivity index (χ1n) is 7.91. The second kappa shape index (κ2) is 7.59. The second-order valence-electron chi connectivity index (χ2n) is 6.80. The van der Waals surface area contributed by atoms with Crippen LogP contribution in [-0.4, -0.2) is 16.0 Å². The van der Waals surface area contributed by atoms with Gasteiger partial charge in [0.15, 0.2) is 0 Å². The van der Waals surface area contributed by atoms with Gasteiger partial charge in [-0.1, -0.05) is 47.0 Å². The standard InChI is InChI=1S/C16H31N5/c1-7-8-9-10-11(2)18-13-12(3)14(21-17)20-15(19-13)16(4,5)6/h11H,7-10,17H2,1-6H3,(H2,18,19,20,21). The van der Waals surface area contributed by atoms with E-state index in [1.165, 1.54) is 19.3 Å². The van der Waals surface area contributed by atoms with E-state index in [0.717, 1.165) is 23.6 Å². The van der Waals surface area contributed by atoms with E-state index in [1.807, 2.05) is 6.92 Å². The first-order chi connectivity index (χ1) is 9.79. The second-order valence-corrected chi connectivity index (χ2v) is 6.80. The SMILES string of the molecule is CCCCCC(C)Nc1nc(C(C)(C)C)nc(NN)c1C. The fourth-order valence-corrected chi connectivity index (χ4v) is 2.14. The predicted molar refractivity (Wildman–Crippen MR) is 90.5 cm³/mol. The van der Waals surface area contributed by atoms with Gasteiger partial charge in [0, 0.05) is 17.0 Å². The Hall–Kier alpha value is -1.36. The van der Waals surface area contributed by atoms with Crippen molar-refractivity contribution in [3.8, 4) is 0 Å². The predicted octanol–water partition coefficient (Wildman–Crippen LogP) is 3.75. The molecule has 1 aromatic rings. The highest BCUT2D eigenvalue weighted by Gasteiger charge is 2.21. The third kappa shape index (κ3) is 5.16. The quantitative estimate of drug-likeness (QED) is 0.405. The third-order valence-corrected chi connectivity index (χ3v) is 3.58. The lowest BCUT2D eigenvalue weighted by Crippen LogP contribution is -2.23. The van der Waals surface area contributed by atoms with Gasteiger partial charge in [0.1, 0.15) is 17.5 Å². The summed E-state index contributed by atoms with van der Waals surface area (Å²) in [5.74, 6) is 7.96. The first-order valence-corrected chi connectivity index (χ1v) is 7.91. The number of hydrogen-bond acceptors (Lipinski definition) is 5. The van der Waals surface area contributed by atoms with Crippen LogP contribution in [0.5, 0.6) is 0 Å². The Labute approximate surface area is 129 Å². The van der Waals surface area contributed by atoms with Gasteiger partial charge in [0.2, 0.25) is 0 Å². The summed E-state index contributed by atoms with van der Waals surface area (Å²) in [6.07, 6.45) is 4.91. The van der Waals surface area contributed by atoms with Gasteiger partial charge in [-0.25, -0.2) is 15.8 Å². The minimum absolute atomic E-state index is 0.110. The Kier molecular flexibility index (Phi) is 6.40. The fourth-order valence-electron chi connectivity index (χ4n) is 2.14. The van der Waals surface area contributed by atoms with Gasteiger partial charge in [-0.3, -0.25) is 0 Å². The number of hydrogen-bond donors (Lipinski definition) is 3. The van der Waals surface area contributed by atoms with Crippen LogP contribution >= 0.6 is 0 Å². The van der Waals surface area contributed by atoms with Crippen molar-refractivity contribution in [2.45, 2.75) is 78.7 Å². The maximum atomic E-state index is 5.59. The van der Waals surface area contributed by atoms with Crippen molar-refractivity contribution >= 4 is 11.6 Å². The summed E-state index contributed by atoms with van der Waals surface area (Å²) in [4.78, 5) is 9.22. The Bertz CT molecular complexity index is 451. The lowest BCUT2D eigenvalue weighted by molar-refractivity contribution is 0.544. The number of anilines is 2. The zero-order valence-corrected chi connectivity index (χ0v) is 14.4. The van der Waals surface area contributed by atoms with Crippen LogP contribution in [0.3, 0.4) is 0 Å². The van der Waals surface area contributed by atoms with Crippen LogP contribution in [0.25, 0.3) is 0 Å². The van der Waals surface area contributed by atoms with Crippen LogP contribution in [0.4, 0.5) is 11.6 Å². The zero-order chi connectivity index (χ0) is 16.0. The molecule has 1 rings (SSSR count). The summed E-state index contributed by atoms with van der Waals surface area (Å²) in [7, 11) is 0. The van der Waals surface area contributed by atoms with Crippen molar-refractivity contribution in [1.29, 1.82) is 0 Å². The van der Waals surface area contributed by atoms with Crippen LogP contribution < -0.4 is 16.6 Å². The van der Waals surface area contributed by atoms with Crippen LogP contribution in [0.2, 0.25) is 0 Å². The summed E-state index contributed by atoms with van der Waals surface area (Å²) in [5, 5.41) is 3.51. The molecule has 120 valence electrons. The Balaban J connectivity index is 2.94. The molecule has 0 bridgehead atoms. The van der Waals surface area contributed by atoms with Crippen LogP contribution in [0, 0.1) is 6.92 Å². The summed E-state index contributed by atoms with van der Waals surface area (Å²) in [5.41, 5.74) is 3.54. The molecule has 0 aromatic carbocycles. The molecule has 0 spiro atoms. The van der Waals surface area contributed by atoms with Crippen LogP contribution in [0.15, 0.2) is 0 Å². The van der Waals surface area contributed by atoms with Gasteiger partial charge in [-0.05, 0) is 20.3 Å². The van der Waals surface area contributed by atoms with E-state index >= 15 is 0 Å². The number of aromatic nitrogens is 2. The Morgan fingerprint density at radius 3 is 2.29 bits per heavy atom. The van der Waals surface area contributed by atoms with Gasteiger partial charge >= 0.3 is 0 Å². The lowest BCUT2D eigenvalue weighted by Gasteiger charge is -2.22. The van der Waals surface area contributed by atoms with E-state index in [2.05, 4.69) is 50.3 Å². The molecule has 1 atom stereocenters. The molecule has 5 nitrogen and oxygen atoms in total. The molecule has 1 aromatic heterocycles. The maximum Gasteiger partial charge on any atom is 0.148 e. The van der Waals surface area contributed by atoms with Crippen LogP contribution in [0.1, 0.15) is 71.7 Å². The lowest BCUT2D eigenvalue weighted by atomic mass is 9.95. The number of nitrogens with zero attached hydrogens (tertiary/aromatic N) is 2. The van der Waals surface area contributed by atoms with Crippen molar-refractivity contribution in [3.05, 3.63) is 11.4 Å². The molecular formula is C16H31N5. The minimum Gasteiger partial charge on any atom is -0.367 e.